The summed E-state index contributed by atoms with van der Waals surface area (Å²) in [6, 6.07) is -0.770. The fourth-order valence-corrected chi connectivity index (χ4v) is 1.93. The molecule has 2 amide bonds. The number of hydrogen-bond donors (Lipinski definition) is 1. The minimum absolute atomic E-state index is 0.0540. The molecule has 1 heterocycles. The lowest BCUT2D eigenvalue weighted by atomic mass is 10.1. The highest BCUT2D eigenvalue weighted by Crippen LogP contribution is 2.24. The monoisotopic (exact) mass is 270 g/mol. The molecular weight excluding hydrogens is 252 g/mol. The minimum atomic E-state index is -1.17. The van der Waals surface area contributed by atoms with Crippen molar-refractivity contribution in [1.82, 2.24) is 9.80 Å². The Bertz CT molecular complexity index is 416. The Kier molecular flexibility index (Phi) is 4.91. The predicted molar refractivity (Wildman–Crippen MR) is 66.5 cm³/mol. The first-order valence-corrected chi connectivity index (χ1v) is 5.93. The summed E-state index contributed by atoms with van der Waals surface area (Å²) in [7, 11) is 3.13. The Morgan fingerprint density at radius 3 is 2.58 bits per heavy atom. The van der Waals surface area contributed by atoms with Crippen LogP contribution in [-0.4, -0.2) is 66.2 Å². The Morgan fingerprint density at radius 2 is 2.11 bits per heavy atom. The van der Waals surface area contributed by atoms with Crippen LogP contribution >= 0.6 is 0 Å². The van der Waals surface area contributed by atoms with Crippen LogP contribution < -0.4 is 0 Å². The number of carbonyl (C=O) groups excluding carboxylic acids is 2. The molecule has 1 fully saturated rings. The molecule has 1 aliphatic heterocycles. The summed E-state index contributed by atoms with van der Waals surface area (Å²) in [6.07, 6.45) is 0.317. The first kappa shape index (κ1) is 15.0. The van der Waals surface area contributed by atoms with Crippen LogP contribution in [-0.2, 0) is 14.3 Å². The summed E-state index contributed by atoms with van der Waals surface area (Å²) in [4.78, 5) is 36.7. The number of carbonyl (C=O) groups is 3. The second-order valence-corrected chi connectivity index (χ2v) is 4.42. The third kappa shape index (κ3) is 3.70. The second kappa shape index (κ2) is 6.21. The molecule has 0 aromatic heterocycles. The molecule has 7 nitrogen and oxygen atoms in total. The second-order valence-electron chi connectivity index (χ2n) is 4.42. The van der Waals surface area contributed by atoms with E-state index in [-0.39, 0.29) is 25.5 Å². The van der Waals surface area contributed by atoms with E-state index in [9.17, 15) is 14.4 Å². The van der Waals surface area contributed by atoms with E-state index in [1.54, 1.807) is 21.0 Å². The van der Waals surface area contributed by atoms with Crippen molar-refractivity contribution in [2.45, 2.75) is 19.4 Å². The van der Waals surface area contributed by atoms with Crippen LogP contribution in [0.1, 0.15) is 13.3 Å². The maximum atomic E-state index is 11.9. The van der Waals surface area contributed by atoms with Crippen molar-refractivity contribution in [2.24, 2.45) is 0 Å². The van der Waals surface area contributed by atoms with Crippen LogP contribution in [0.25, 0.3) is 0 Å². The van der Waals surface area contributed by atoms with Gasteiger partial charge in [-0.05, 0) is 12.5 Å². The van der Waals surface area contributed by atoms with E-state index in [2.05, 4.69) is 0 Å². The predicted octanol–water partition coefficient (Wildman–Crippen LogP) is 0.316. The fraction of sp³-hybridized carbons (Fsp3) is 0.583. The number of nitrogens with zero attached hydrogens (tertiary/aromatic N) is 2. The third-order valence-corrected chi connectivity index (χ3v) is 2.79. The van der Waals surface area contributed by atoms with Crippen LogP contribution in [0.4, 0.5) is 4.79 Å². The molecule has 0 aromatic rings. The molecule has 106 valence electrons. The molecule has 0 radical (unpaired) electrons. The smallest absolute Gasteiger partial charge is 0.408 e. The van der Waals surface area contributed by atoms with Crippen molar-refractivity contribution in [2.75, 3.05) is 27.2 Å². The van der Waals surface area contributed by atoms with Gasteiger partial charge in [-0.3, -0.25) is 9.69 Å². The number of hydrogen-bond acceptors (Lipinski definition) is 4. The molecule has 0 saturated carbocycles. The fourth-order valence-electron chi connectivity index (χ4n) is 1.93. The Hall–Kier alpha value is -2.05. The molecule has 0 unspecified atom stereocenters. The van der Waals surface area contributed by atoms with Gasteiger partial charge in [-0.1, -0.05) is 0 Å². The molecule has 0 aliphatic carbocycles. The Balaban J connectivity index is 2.86. The van der Waals surface area contributed by atoms with E-state index in [1.807, 2.05) is 0 Å². The van der Waals surface area contributed by atoms with Crippen molar-refractivity contribution in [3.05, 3.63) is 11.6 Å². The van der Waals surface area contributed by atoms with Crippen LogP contribution in [0.5, 0.6) is 0 Å². The average Bonchev–Trinajstić information content (AvgIpc) is 2.72. The third-order valence-electron chi connectivity index (χ3n) is 2.79. The summed E-state index contributed by atoms with van der Waals surface area (Å²) in [6.45, 7) is 2.00. The summed E-state index contributed by atoms with van der Waals surface area (Å²) < 4.78 is 4.77. The van der Waals surface area contributed by atoms with E-state index in [1.165, 1.54) is 11.0 Å². The van der Waals surface area contributed by atoms with Gasteiger partial charge in [0.15, 0.2) is 0 Å². The molecular formula is C12H18N2O5. The zero-order chi connectivity index (χ0) is 14.6. The Morgan fingerprint density at radius 1 is 1.47 bits per heavy atom. The lowest BCUT2D eigenvalue weighted by Crippen LogP contribution is -2.44. The highest BCUT2D eigenvalue weighted by Gasteiger charge is 2.37. The van der Waals surface area contributed by atoms with E-state index in [4.69, 9.17) is 9.84 Å². The van der Waals surface area contributed by atoms with Crippen molar-refractivity contribution in [1.29, 1.82) is 0 Å². The van der Waals surface area contributed by atoms with Crippen LogP contribution in [0, 0.1) is 0 Å². The molecule has 1 N–H and O–H groups in total. The maximum Gasteiger partial charge on any atom is 0.408 e. The average molecular weight is 270 g/mol. The quantitative estimate of drug-likeness (QED) is 0.589. The highest BCUT2D eigenvalue weighted by atomic mass is 16.5. The van der Waals surface area contributed by atoms with Gasteiger partial charge >= 0.3 is 12.1 Å². The van der Waals surface area contributed by atoms with Crippen LogP contribution in [0.2, 0.25) is 0 Å². The van der Waals surface area contributed by atoms with Gasteiger partial charge in [0.05, 0.1) is 6.61 Å². The summed E-state index contributed by atoms with van der Waals surface area (Å²) in [5.41, 5.74) is 0.584. The van der Waals surface area contributed by atoms with Crippen molar-refractivity contribution in [3.8, 4) is 0 Å². The molecule has 1 atom stereocenters. The van der Waals surface area contributed by atoms with Crippen LogP contribution in [0.3, 0.4) is 0 Å². The molecule has 1 rings (SSSR count). The number of rotatable bonds is 3. The normalized spacial score (nSPS) is 20.5. The number of amides is 2. The van der Waals surface area contributed by atoms with Gasteiger partial charge in [0, 0.05) is 33.1 Å². The molecule has 0 spiro atoms. The molecule has 7 heteroatoms. The first-order chi connectivity index (χ1) is 8.86. The van der Waals surface area contributed by atoms with Crippen molar-refractivity contribution < 1.29 is 24.2 Å². The SMILES string of the molecule is CCOC(=O)C=C1C[C@H](C(=O)N(C)C)N(C(=O)O)C1. The van der Waals surface area contributed by atoms with Crippen molar-refractivity contribution in [3.63, 3.8) is 0 Å². The number of likely N-dealkylation sites (N-methyl/N-ethyl adjacent to an activating group) is 1. The molecule has 1 saturated heterocycles. The molecule has 19 heavy (non-hydrogen) atoms. The van der Waals surface area contributed by atoms with E-state index in [0.29, 0.717) is 5.57 Å². The van der Waals surface area contributed by atoms with E-state index >= 15 is 0 Å². The van der Waals surface area contributed by atoms with Gasteiger partial charge in [0.2, 0.25) is 5.91 Å². The molecule has 1 aliphatic rings. The zero-order valence-corrected chi connectivity index (χ0v) is 11.3. The summed E-state index contributed by atoms with van der Waals surface area (Å²) >= 11 is 0. The first-order valence-electron chi connectivity index (χ1n) is 5.93. The maximum absolute atomic E-state index is 11.9. The minimum Gasteiger partial charge on any atom is -0.465 e. The van der Waals surface area contributed by atoms with Gasteiger partial charge in [0.25, 0.3) is 0 Å². The van der Waals surface area contributed by atoms with Crippen molar-refractivity contribution >= 4 is 18.0 Å². The highest BCUT2D eigenvalue weighted by molar-refractivity contribution is 5.88. The number of esters is 1. The number of carboxylic acid groups (broad SMARTS) is 1. The molecule has 0 bridgehead atoms. The van der Waals surface area contributed by atoms with Gasteiger partial charge in [0.1, 0.15) is 6.04 Å². The van der Waals surface area contributed by atoms with Gasteiger partial charge in [-0.2, -0.15) is 0 Å². The van der Waals surface area contributed by atoms with Gasteiger partial charge in [-0.15, -0.1) is 0 Å². The zero-order valence-electron chi connectivity index (χ0n) is 11.3. The summed E-state index contributed by atoms with van der Waals surface area (Å²) in [5, 5.41) is 9.08. The van der Waals surface area contributed by atoms with Gasteiger partial charge in [-0.25, -0.2) is 9.59 Å². The number of likely N-dealkylation sites (tertiary alicyclic amines) is 1. The largest absolute Gasteiger partial charge is 0.465 e. The summed E-state index contributed by atoms with van der Waals surface area (Å²) in [5.74, 6) is -0.810. The lowest BCUT2D eigenvalue weighted by Gasteiger charge is -2.22. The van der Waals surface area contributed by atoms with E-state index < -0.39 is 18.1 Å². The molecule has 0 aromatic carbocycles. The standard InChI is InChI=1S/C12H18N2O5/c1-4-19-10(15)6-8-5-9(11(16)13(2)3)14(7-8)12(17)18/h6,9H,4-5,7H2,1-3H3,(H,17,18)/t9-/m1/s1. The number of ether oxygens (including phenoxy) is 1. The van der Waals surface area contributed by atoms with Gasteiger partial charge < -0.3 is 14.7 Å². The van der Waals surface area contributed by atoms with Crippen LogP contribution in [0.15, 0.2) is 11.6 Å². The van der Waals surface area contributed by atoms with E-state index in [0.717, 1.165) is 4.90 Å². The topological polar surface area (TPSA) is 87.2 Å². The Labute approximate surface area is 111 Å². The lowest BCUT2D eigenvalue weighted by molar-refractivity contribution is -0.137.